The zero-order chi connectivity index (χ0) is 13.7. The Balaban J connectivity index is 1.85. The highest BCUT2D eigenvalue weighted by Crippen LogP contribution is 2.30. The topological polar surface area (TPSA) is 35.2 Å². The normalized spacial score (nSPS) is 17.6. The minimum atomic E-state index is -0.272. The molecule has 0 saturated heterocycles. The zero-order valence-corrected chi connectivity index (χ0v) is 12.2. The summed E-state index contributed by atoms with van der Waals surface area (Å²) >= 11 is 1.95. The minimum absolute atomic E-state index is 0.00667. The molecule has 1 aliphatic rings. The van der Waals surface area contributed by atoms with Crippen molar-refractivity contribution in [1.82, 2.24) is 0 Å². The van der Waals surface area contributed by atoms with Gasteiger partial charge in [0.05, 0.1) is 7.11 Å². The second-order valence-corrected chi connectivity index (χ2v) is 6.47. The molecule has 0 spiro atoms. The van der Waals surface area contributed by atoms with Crippen molar-refractivity contribution in [2.24, 2.45) is 5.73 Å². The van der Waals surface area contributed by atoms with Gasteiger partial charge in [-0.15, -0.1) is 0 Å². The van der Waals surface area contributed by atoms with Gasteiger partial charge in [-0.2, -0.15) is 11.8 Å². The third kappa shape index (κ3) is 4.11. The molecule has 1 aromatic carbocycles. The van der Waals surface area contributed by atoms with Gasteiger partial charge in [0, 0.05) is 17.0 Å². The monoisotopic (exact) mass is 283 g/mol. The molecule has 0 aliphatic heterocycles. The van der Waals surface area contributed by atoms with E-state index in [1.165, 1.54) is 32.8 Å². The summed E-state index contributed by atoms with van der Waals surface area (Å²) in [6.07, 6.45) is 5.88. The van der Waals surface area contributed by atoms with Gasteiger partial charge in [0.1, 0.15) is 0 Å². The molecule has 0 amide bonds. The van der Waals surface area contributed by atoms with Gasteiger partial charge in [-0.3, -0.25) is 0 Å². The van der Waals surface area contributed by atoms with Gasteiger partial charge in [0.15, 0.2) is 11.6 Å². The first-order valence-electron chi connectivity index (χ1n) is 6.89. The Hall–Kier alpha value is -0.740. The third-order valence-corrected chi connectivity index (χ3v) is 5.16. The summed E-state index contributed by atoms with van der Waals surface area (Å²) in [6, 6.07) is 5.25. The lowest BCUT2D eigenvalue weighted by Gasteiger charge is -2.15. The van der Waals surface area contributed by atoms with Crippen LogP contribution in [0.5, 0.6) is 5.75 Å². The lowest BCUT2D eigenvalue weighted by atomic mass is 10.1. The molecular weight excluding hydrogens is 261 g/mol. The van der Waals surface area contributed by atoms with Crippen LogP contribution < -0.4 is 10.5 Å². The van der Waals surface area contributed by atoms with Gasteiger partial charge in [0.25, 0.3) is 0 Å². The van der Waals surface area contributed by atoms with Crippen LogP contribution in [0.2, 0.25) is 0 Å². The fourth-order valence-electron chi connectivity index (χ4n) is 2.53. The summed E-state index contributed by atoms with van der Waals surface area (Å²) in [4.78, 5) is 0. The molecule has 0 heterocycles. The van der Waals surface area contributed by atoms with Gasteiger partial charge in [-0.1, -0.05) is 25.0 Å². The van der Waals surface area contributed by atoms with E-state index in [2.05, 4.69) is 0 Å². The first-order valence-corrected chi connectivity index (χ1v) is 7.94. The number of methoxy groups -OCH3 is 1. The zero-order valence-electron chi connectivity index (χ0n) is 11.4. The van der Waals surface area contributed by atoms with Crippen molar-refractivity contribution in [3.8, 4) is 5.75 Å². The largest absolute Gasteiger partial charge is 0.494 e. The molecule has 1 atom stereocenters. The minimum Gasteiger partial charge on any atom is -0.494 e. The van der Waals surface area contributed by atoms with Crippen LogP contribution in [0.1, 0.15) is 31.2 Å². The molecular formula is C15H22FNOS. The molecule has 1 saturated carbocycles. The van der Waals surface area contributed by atoms with E-state index in [9.17, 15) is 4.39 Å². The van der Waals surface area contributed by atoms with Crippen LogP contribution in [0.3, 0.4) is 0 Å². The van der Waals surface area contributed by atoms with Crippen LogP contribution in [0, 0.1) is 5.82 Å². The predicted molar refractivity (Wildman–Crippen MR) is 79.3 cm³/mol. The fraction of sp³-hybridized carbons (Fsp3) is 0.600. The molecule has 19 heavy (non-hydrogen) atoms. The number of benzene rings is 1. The van der Waals surface area contributed by atoms with E-state index in [0.717, 1.165) is 11.0 Å². The van der Waals surface area contributed by atoms with E-state index >= 15 is 0 Å². The van der Waals surface area contributed by atoms with Crippen LogP contribution in [0.25, 0.3) is 0 Å². The molecule has 1 aliphatic carbocycles. The summed E-state index contributed by atoms with van der Waals surface area (Å²) in [5.41, 5.74) is 6.77. The highest BCUT2D eigenvalue weighted by atomic mass is 32.2. The van der Waals surface area contributed by atoms with Crippen molar-refractivity contribution < 1.29 is 9.13 Å². The summed E-state index contributed by atoms with van der Waals surface area (Å²) < 4.78 is 19.0. The van der Waals surface area contributed by atoms with Gasteiger partial charge in [-0.25, -0.2) is 4.39 Å². The second-order valence-electron chi connectivity index (χ2n) is 5.14. The summed E-state index contributed by atoms with van der Waals surface area (Å²) in [6.45, 7) is 0. The van der Waals surface area contributed by atoms with Crippen LogP contribution in [0.4, 0.5) is 4.39 Å². The van der Waals surface area contributed by atoms with Gasteiger partial charge >= 0.3 is 0 Å². The number of rotatable bonds is 6. The Labute approximate surface area is 118 Å². The maximum Gasteiger partial charge on any atom is 0.168 e. The van der Waals surface area contributed by atoms with Crippen molar-refractivity contribution in [2.75, 3.05) is 12.9 Å². The number of hydrogen-bond acceptors (Lipinski definition) is 3. The standard InChI is InChI=1S/C15H22FNOS/c1-18-14-8-4-5-11(15(14)16)9-12(17)10-19-13-6-2-3-7-13/h4-5,8,12-13H,2-3,6-7,9-10,17H2,1H3. The smallest absolute Gasteiger partial charge is 0.168 e. The lowest BCUT2D eigenvalue weighted by Crippen LogP contribution is -2.27. The first kappa shape index (κ1) is 14.7. The van der Waals surface area contributed by atoms with Crippen LogP contribution in [0.15, 0.2) is 18.2 Å². The molecule has 0 bridgehead atoms. The number of thioether (sulfide) groups is 1. The molecule has 1 aromatic rings. The second kappa shape index (κ2) is 7.15. The third-order valence-electron chi connectivity index (χ3n) is 3.59. The molecule has 2 N–H and O–H groups in total. The Bertz CT molecular complexity index is 407. The summed E-state index contributed by atoms with van der Waals surface area (Å²) in [7, 11) is 1.48. The van der Waals surface area contributed by atoms with Gasteiger partial charge < -0.3 is 10.5 Å². The van der Waals surface area contributed by atoms with E-state index in [-0.39, 0.29) is 11.9 Å². The Morgan fingerprint density at radius 3 is 2.84 bits per heavy atom. The van der Waals surface area contributed by atoms with Crippen molar-refractivity contribution in [1.29, 1.82) is 0 Å². The van der Waals surface area contributed by atoms with Crippen molar-refractivity contribution in [2.45, 2.75) is 43.4 Å². The molecule has 106 valence electrons. The summed E-state index contributed by atoms with van der Waals surface area (Å²) in [5.74, 6) is 0.931. The Morgan fingerprint density at radius 1 is 1.42 bits per heavy atom. The van der Waals surface area contributed by atoms with E-state index in [0.29, 0.717) is 17.7 Å². The van der Waals surface area contributed by atoms with Gasteiger partial charge in [0.2, 0.25) is 0 Å². The predicted octanol–water partition coefficient (Wildman–Crippen LogP) is 3.38. The molecule has 4 heteroatoms. The van der Waals surface area contributed by atoms with E-state index in [1.807, 2.05) is 17.8 Å². The Morgan fingerprint density at radius 2 is 2.16 bits per heavy atom. The number of ether oxygens (including phenoxy) is 1. The molecule has 0 radical (unpaired) electrons. The average Bonchev–Trinajstić information content (AvgIpc) is 2.92. The van der Waals surface area contributed by atoms with Crippen molar-refractivity contribution >= 4 is 11.8 Å². The molecule has 1 unspecified atom stereocenters. The highest BCUT2D eigenvalue weighted by Gasteiger charge is 2.17. The maximum atomic E-state index is 14.0. The molecule has 2 nitrogen and oxygen atoms in total. The molecule has 0 aromatic heterocycles. The average molecular weight is 283 g/mol. The van der Waals surface area contributed by atoms with E-state index in [1.54, 1.807) is 12.1 Å². The number of nitrogens with two attached hydrogens (primary N) is 1. The van der Waals surface area contributed by atoms with E-state index in [4.69, 9.17) is 10.5 Å². The van der Waals surface area contributed by atoms with Crippen LogP contribution in [-0.4, -0.2) is 24.2 Å². The van der Waals surface area contributed by atoms with E-state index < -0.39 is 0 Å². The lowest BCUT2D eigenvalue weighted by molar-refractivity contribution is 0.383. The highest BCUT2D eigenvalue weighted by molar-refractivity contribution is 7.99. The van der Waals surface area contributed by atoms with Crippen LogP contribution >= 0.6 is 11.8 Å². The molecule has 2 rings (SSSR count). The number of halogens is 1. The molecule has 1 fully saturated rings. The maximum absolute atomic E-state index is 14.0. The van der Waals surface area contributed by atoms with Crippen molar-refractivity contribution in [3.05, 3.63) is 29.6 Å². The van der Waals surface area contributed by atoms with Gasteiger partial charge in [-0.05, 0) is 30.9 Å². The van der Waals surface area contributed by atoms with Crippen molar-refractivity contribution in [3.63, 3.8) is 0 Å². The first-order chi connectivity index (χ1) is 9.20. The summed E-state index contributed by atoms with van der Waals surface area (Å²) in [5, 5.41) is 0.765. The SMILES string of the molecule is COc1cccc(CC(N)CSC2CCCC2)c1F. The Kier molecular flexibility index (Phi) is 5.52. The number of hydrogen-bond donors (Lipinski definition) is 1. The van der Waals surface area contributed by atoms with Crippen LogP contribution in [-0.2, 0) is 6.42 Å². The fourth-order valence-corrected chi connectivity index (χ4v) is 3.83. The quantitative estimate of drug-likeness (QED) is 0.869.